The van der Waals surface area contributed by atoms with Gasteiger partial charge in [-0.05, 0) is 30.2 Å². The SMILES string of the molecule is CN=C(NCCC(=O)N(C)C)NCCc1ccc(-n2cccn2)cc1. The molecule has 134 valence electrons. The van der Waals surface area contributed by atoms with Gasteiger partial charge in [-0.2, -0.15) is 5.10 Å². The lowest BCUT2D eigenvalue weighted by Crippen LogP contribution is -2.40. The topological polar surface area (TPSA) is 74.6 Å². The number of rotatable bonds is 7. The van der Waals surface area contributed by atoms with Gasteiger partial charge in [0.25, 0.3) is 0 Å². The van der Waals surface area contributed by atoms with Gasteiger partial charge < -0.3 is 15.5 Å². The van der Waals surface area contributed by atoms with Crippen molar-refractivity contribution >= 4 is 11.9 Å². The Balaban J connectivity index is 1.72. The van der Waals surface area contributed by atoms with Crippen LogP contribution in [0.4, 0.5) is 0 Å². The maximum absolute atomic E-state index is 11.5. The summed E-state index contributed by atoms with van der Waals surface area (Å²) in [6, 6.07) is 10.2. The van der Waals surface area contributed by atoms with E-state index >= 15 is 0 Å². The van der Waals surface area contributed by atoms with E-state index in [4.69, 9.17) is 0 Å². The molecule has 7 heteroatoms. The Bertz CT molecular complexity index is 676. The summed E-state index contributed by atoms with van der Waals surface area (Å²) in [4.78, 5) is 17.3. The molecule has 1 amide bonds. The molecule has 0 saturated heterocycles. The number of hydrogen-bond donors (Lipinski definition) is 2. The van der Waals surface area contributed by atoms with Crippen LogP contribution in [0.25, 0.3) is 5.69 Å². The Labute approximate surface area is 148 Å². The predicted octanol–water partition coefficient (Wildman–Crippen LogP) is 1.06. The lowest BCUT2D eigenvalue weighted by atomic mass is 10.1. The first-order valence-corrected chi connectivity index (χ1v) is 8.34. The number of aromatic nitrogens is 2. The first-order chi connectivity index (χ1) is 12.1. The Kier molecular flexibility index (Phi) is 7.00. The van der Waals surface area contributed by atoms with Crippen molar-refractivity contribution in [2.45, 2.75) is 12.8 Å². The van der Waals surface area contributed by atoms with E-state index in [-0.39, 0.29) is 5.91 Å². The van der Waals surface area contributed by atoms with Crippen molar-refractivity contribution in [3.63, 3.8) is 0 Å². The third kappa shape index (κ3) is 5.95. The molecule has 2 N–H and O–H groups in total. The Morgan fingerprint density at radius 2 is 1.92 bits per heavy atom. The van der Waals surface area contributed by atoms with Crippen molar-refractivity contribution in [2.75, 3.05) is 34.2 Å². The zero-order valence-corrected chi connectivity index (χ0v) is 15.1. The summed E-state index contributed by atoms with van der Waals surface area (Å²) in [5.74, 6) is 0.806. The van der Waals surface area contributed by atoms with E-state index in [0.29, 0.717) is 18.9 Å². The zero-order valence-electron chi connectivity index (χ0n) is 15.1. The zero-order chi connectivity index (χ0) is 18.1. The number of nitrogens with one attached hydrogen (secondary N) is 2. The van der Waals surface area contributed by atoms with Crippen LogP contribution >= 0.6 is 0 Å². The molecule has 0 bridgehead atoms. The number of nitrogens with zero attached hydrogens (tertiary/aromatic N) is 4. The van der Waals surface area contributed by atoms with Crippen LogP contribution in [-0.2, 0) is 11.2 Å². The van der Waals surface area contributed by atoms with Crippen LogP contribution in [0.15, 0.2) is 47.7 Å². The number of aliphatic imine (C=N–C) groups is 1. The fourth-order valence-electron chi connectivity index (χ4n) is 2.29. The van der Waals surface area contributed by atoms with Crippen molar-refractivity contribution in [1.82, 2.24) is 25.3 Å². The first-order valence-electron chi connectivity index (χ1n) is 8.34. The van der Waals surface area contributed by atoms with E-state index in [2.05, 4.69) is 45.0 Å². The molecule has 0 unspecified atom stereocenters. The molecule has 0 saturated carbocycles. The summed E-state index contributed by atoms with van der Waals surface area (Å²) >= 11 is 0. The van der Waals surface area contributed by atoms with E-state index in [1.165, 1.54) is 5.56 Å². The number of benzene rings is 1. The predicted molar refractivity (Wildman–Crippen MR) is 99.9 cm³/mol. The third-order valence-corrected chi connectivity index (χ3v) is 3.77. The summed E-state index contributed by atoms with van der Waals surface area (Å²) < 4.78 is 1.84. The summed E-state index contributed by atoms with van der Waals surface area (Å²) in [6.45, 7) is 1.33. The second-order valence-electron chi connectivity index (χ2n) is 5.83. The monoisotopic (exact) mass is 342 g/mol. The highest BCUT2D eigenvalue weighted by molar-refractivity contribution is 5.81. The maximum Gasteiger partial charge on any atom is 0.223 e. The molecule has 1 aromatic heterocycles. The molecular weight excluding hydrogens is 316 g/mol. The highest BCUT2D eigenvalue weighted by Crippen LogP contribution is 2.08. The Morgan fingerprint density at radius 1 is 1.20 bits per heavy atom. The third-order valence-electron chi connectivity index (χ3n) is 3.77. The highest BCUT2D eigenvalue weighted by atomic mass is 16.2. The van der Waals surface area contributed by atoms with Gasteiger partial charge in [0, 0.05) is 53.0 Å². The van der Waals surface area contributed by atoms with Gasteiger partial charge in [-0.3, -0.25) is 9.79 Å². The van der Waals surface area contributed by atoms with Gasteiger partial charge in [-0.25, -0.2) is 4.68 Å². The summed E-state index contributed by atoms with van der Waals surface area (Å²) in [5.41, 5.74) is 2.28. The van der Waals surface area contributed by atoms with Crippen LogP contribution in [0.2, 0.25) is 0 Å². The number of carbonyl (C=O) groups is 1. The van der Waals surface area contributed by atoms with E-state index in [9.17, 15) is 4.79 Å². The number of carbonyl (C=O) groups excluding carboxylic acids is 1. The van der Waals surface area contributed by atoms with Gasteiger partial charge in [0.2, 0.25) is 5.91 Å². The van der Waals surface area contributed by atoms with Crippen LogP contribution in [0.1, 0.15) is 12.0 Å². The van der Waals surface area contributed by atoms with Crippen molar-refractivity contribution in [1.29, 1.82) is 0 Å². The highest BCUT2D eigenvalue weighted by Gasteiger charge is 2.04. The smallest absolute Gasteiger partial charge is 0.223 e. The van der Waals surface area contributed by atoms with Crippen molar-refractivity contribution < 1.29 is 4.79 Å². The Hall–Kier alpha value is -2.83. The van der Waals surface area contributed by atoms with E-state index < -0.39 is 0 Å². The van der Waals surface area contributed by atoms with Gasteiger partial charge in [0.05, 0.1) is 5.69 Å². The minimum absolute atomic E-state index is 0.0974. The standard InChI is InChI=1S/C18H26N6O/c1-19-18(21-13-10-17(25)23(2)3)20-12-9-15-5-7-16(8-6-15)24-14-4-11-22-24/h4-8,11,14H,9-10,12-13H2,1-3H3,(H2,19,20,21). The van der Waals surface area contributed by atoms with Gasteiger partial charge in [0.15, 0.2) is 5.96 Å². The first kappa shape index (κ1) is 18.5. The average Bonchev–Trinajstić information content (AvgIpc) is 3.15. The largest absolute Gasteiger partial charge is 0.356 e. The normalized spacial score (nSPS) is 11.2. The minimum Gasteiger partial charge on any atom is -0.356 e. The van der Waals surface area contributed by atoms with E-state index in [0.717, 1.165) is 18.7 Å². The van der Waals surface area contributed by atoms with Crippen LogP contribution in [0, 0.1) is 0 Å². The summed E-state index contributed by atoms with van der Waals surface area (Å²) in [6.07, 6.45) is 5.02. The Morgan fingerprint density at radius 3 is 2.52 bits per heavy atom. The number of guanidine groups is 1. The second-order valence-corrected chi connectivity index (χ2v) is 5.83. The second kappa shape index (κ2) is 9.46. The molecule has 1 heterocycles. The van der Waals surface area contributed by atoms with Gasteiger partial charge in [0.1, 0.15) is 0 Å². The quantitative estimate of drug-likeness (QED) is 0.583. The molecule has 2 aromatic rings. The lowest BCUT2D eigenvalue weighted by Gasteiger charge is -2.13. The van der Waals surface area contributed by atoms with Crippen LogP contribution in [-0.4, -0.2) is 60.8 Å². The molecule has 0 aliphatic carbocycles. The molecule has 0 radical (unpaired) electrons. The van der Waals surface area contributed by atoms with Crippen LogP contribution in [0.3, 0.4) is 0 Å². The van der Waals surface area contributed by atoms with E-state index in [1.807, 2.05) is 16.9 Å². The molecule has 25 heavy (non-hydrogen) atoms. The molecule has 0 fully saturated rings. The molecule has 0 atom stereocenters. The summed E-state index contributed by atoms with van der Waals surface area (Å²) in [5, 5.41) is 10.6. The maximum atomic E-state index is 11.5. The van der Waals surface area contributed by atoms with Crippen molar-refractivity contribution in [2.24, 2.45) is 4.99 Å². The number of hydrogen-bond acceptors (Lipinski definition) is 3. The molecular formula is C18H26N6O. The number of amides is 1. The molecule has 0 aliphatic heterocycles. The van der Waals surface area contributed by atoms with Crippen LogP contribution < -0.4 is 10.6 Å². The molecule has 2 rings (SSSR count). The molecule has 1 aromatic carbocycles. The van der Waals surface area contributed by atoms with Crippen LogP contribution in [0.5, 0.6) is 0 Å². The van der Waals surface area contributed by atoms with Crippen molar-refractivity contribution in [3.8, 4) is 5.69 Å². The van der Waals surface area contributed by atoms with Gasteiger partial charge in [-0.1, -0.05) is 12.1 Å². The van der Waals surface area contributed by atoms with Crippen molar-refractivity contribution in [3.05, 3.63) is 48.3 Å². The molecule has 7 nitrogen and oxygen atoms in total. The molecule has 0 spiro atoms. The average molecular weight is 342 g/mol. The van der Waals surface area contributed by atoms with Gasteiger partial charge in [-0.15, -0.1) is 0 Å². The lowest BCUT2D eigenvalue weighted by molar-refractivity contribution is -0.128. The minimum atomic E-state index is 0.0974. The fourth-order valence-corrected chi connectivity index (χ4v) is 2.29. The summed E-state index contributed by atoms with van der Waals surface area (Å²) in [7, 11) is 5.24. The fraction of sp³-hybridized carbons (Fsp3) is 0.389. The van der Waals surface area contributed by atoms with E-state index in [1.54, 1.807) is 32.2 Å². The molecule has 0 aliphatic rings. The van der Waals surface area contributed by atoms with Gasteiger partial charge >= 0.3 is 0 Å².